The average Bonchev–Trinajstić information content (AvgIpc) is 2.76. The lowest BCUT2D eigenvalue weighted by Crippen LogP contribution is -2.03. The molecule has 33 heavy (non-hydrogen) atoms. The molecule has 0 saturated heterocycles. The molecular weight excluding hydrogens is 560 g/mol. The molecule has 2 aromatic carbocycles. The van der Waals surface area contributed by atoms with Crippen molar-refractivity contribution < 1.29 is 19.7 Å². The summed E-state index contributed by atoms with van der Waals surface area (Å²) in [5, 5.41) is 31.3. The van der Waals surface area contributed by atoms with E-state index in [4.69, 9.17) is 4.74 Å². The van der Waals surface area contributed by atoms with E-state index in [1.54, 1.807) is 6.07 Å². The van der Waals surface area contributed by atoms with Gasteiger partial charge in [-0.2, -0.15) is 0 Å². The van der Waals surface area contributed by atoms with Gasteiger partial charge in [0.25, 0.3) is 0 Å². The molecule has 0 unspecified atom stereocenters. The Labute approximate surface area is 209 Å². The number of hydrogen-bond donors (Lipinski definition) is 1. The summed E-state index contributed by atoms with van der Waals surface area (Å²) in [5.74, 6) is 0.115. The summed E-state index contributed by atoms with van der Waals surface area (Å²) >= 11 is 6.46. The molecule has 0 fully saturated rings. The van der Waals surface area contributed by atoms with E-state index in [1.165, 1.54) is 12.1 Å². The van der Waals surface area contributed by atoms with Gasteiger partial charge in [0.2, 0.25) is 5.75 Å². The molecule has 0 atom stereocenters. The summed E-state index contributed by atoms with van der Waals surface area (Å²) in [4.78, 5) is 20.7. The third-order valence-electron chi connectivity index (χ3n) is 4.24. The molecule has 2 rings (SSSR count). The SMILES string of the molecule is C/C=C/Cc1cc(Br)cc([N+](=O)[O-])c1O.C/C=C/Cc1cc(Br)cc([N+](=O)[O-])c1OCCC. The minimum atomic E-state index is -0.598. The van der Waals surface area contributed by atoms with Crippen molar-refractivity contribution in [1.82, 2.24) is 0 Å². The Morgan fingerprint density at radius 3 is 1.88 bits per heavy atom. The number of phenolic OH excluding ortho intramolecular Hbond substituents is 1. The van der Waals surface area contributed by atoms with Gasteiger partial charge < -0.3 is 9.84 Å². The van der Waals surface area contributed by atoms with Crippen LogP contribution in [0.2, 0.25) is 0 Å². The number of nitro groups is 2. The van der Waals surface area contributed by atoms with E-state index < -0.39 is 9.85 Å². The van der Waals surface area contributed by atoms with E-state index in [0.717, 1.165) is 12.0 Å². The van der Waals surface area contributed by atoms with Gasteiger partial charge in [0.1, 0.15) is 0 Å². The lowest BCUT2D eigenvalue weighted by molar-refractivity contribution is -0.386. The normalized spacial score (nSPS) is 10.8. The summed E-state index contributed by atoms with van der Waals surface area (Å²) in [5.41, 5.74) is 1.10. The molecule has 0 aliphatic heterocycles. The van der Waals surface area contributed by atoms with Gasteiger partial charge in [0, 0.05) is 32.2 Å². The first-order valence-electron chi connectivity index (χ1n) is 10.1. The molecule has 178 valence electrons. The topological polar surface area (TPSA) is 116 Å². The van der Waals surface area contributed by atoms with Crippen molar-refractivity contribution in [2.45, 2.75) is 40.0 Å². The van der Waals surface area contributed by atoms with Gasteiger partial charge in [-0.25, -0.2) is 0 Å². The number of nitrogens with zero attached hydrogens (tertiary/aromatic N) is 2. The van der Waals surface area contributed by atoms with E-state index in [0.29, 0.717) is 39.7 Å². The zero-order valence-corrected chi connectivity index (χ0v) is 21.8. The summed E-state index contributed by atoms with van der Waals surface area (Å²) in [6.45, 7) is 6.21. The molecule has 0 aliphatic carbocycles. The Balaban J connectivity index is 0.000000335. The quantitative estimate of drug-likeness (QED) is 0.186. The molecule has 0 aliphatic rings. The predicted molar refractivity (Wildman–Crippen MR) is 136 cm³/mol. The number of benzene rings is 2. The maximum absolute atomic E-state index is 11.0. The van der Waals surface area contributed by atoms with Crippen LogP contribution in [-0.2, 0) is 12.8 Å². The number of rotatable bonds is 9. The van der Waals surface area contributed by atoms with Gasteiger partial charge >= 0.3 is 11.4 Å². The fourth-order valence-corrected chi connectivity index (χ4v) is 3.70. The third-order valence-corrected chi connectivity index (χ3v) is 5.15. The van der Waals surface area contributed by atoms with Crippen molar-refractivity contribution in [3.8, 4) is 11.5 Å². The molecular formula is C23H26Br2N2O6. The van der Waals surface area contributed by atoms with Gasteiger partial charge in [0.05, 0.1) is 16.5 Å². The van der Waals surface area contributed by atoms with Crippen LogP contribution in [0, 0.1) is 20.2 Å². The highest BCUT2D eigenvalue weighted by molar-refractivity contribution is 9.10. The number of allylic oxidation sites excluding steroid dienone is 4. The van der Waals surface area contributed by atoms with E-state index in [9.17, 15) is 25.3 Å². The molecule has 0 amide bonds. The first-order chi connectivity index (χ1) is 15.7. The van der Waals surface area contributed by atoms with E-state index >= 15 is 0 Å². The minimum Gasteiger partial charge on any atom is -0.502 e. The fourth-order valence-electron chi connectivity index (χ4n) is 2.72. The first kappa shape index (κ1) is 28.3. The molecule has 0 saturated carbocycles. The average molecular weight is 586 g/mol. The fraction of sp³-hybridized carbons (Fsp3) is 0.304. The molecule has 0 spiro atoms. The summed E-state index contributed by atoms with van der Waals surface area (Å²) in [6, 6.07) is 6.29. The molecule has 10 heteroatoms. The predicted octanol–water partition coefficient (Wildman–Crippen LogP) is 7.45. The van der Waals surface area contributed by atoms with Crippen LogP contribution in [0.15, 0.2) is 57.5 Å². The zero-order valence-electron chi connectivity index (χ0n) is 18.6. The van der Waals surface area contributed by atoms with Crippen LogP contribution in [0.4, 0.5) is 11.4 Å². The lowest BCUT2D eigenvalue weighted by Gasteiger charge is -2.10. The van der Waals surface area contributed by atoms with Crippen LogP contribution in [0.1, 0.15) is 38.3 Å². The Morgan fingerprint density at radius 2 is 1.39 bits per heavy atom. The lowest BCUT2D eigenvalue weighted by atomic mass is 10.1. The van der Waals surface area contributed by atoms with Crippen LogP contribution in [0.25, 0.3) is 0 Å². The highest BCUT2D eigenvalue weighted by Gasteiger charge is 2.20. The van der Waals surface area contributed by atoms with Crippen molar-refractivity contribution in [3.05, 3.63) is 88.9 Å². The van der Waals surface area contributed by atoms with Gasteiger partial charge in [-0.15, -0.1) is 0 Å². The standard InChI is InChI=1S/C13H16BrNO3.C10H10BrNO3/c1-3-5-6-10-8-11(14)9-12(15(16)17)13(10)18-7-4-2;1-2-3-4-7-5-8(11)6-9(10(7)13)12(14)15/h3,5,8-9H,4,6-7H2,1-2H3;2-3,5-6,13H,4H2,1H3/b5-3+;3-2+. The van der Waals surface area contributed by atoms with E-state index in [-0.39, 0.29) is 17.1 Å². The largest absolute Gasteiger partial charge is 0.502 e. The number of ether oxygens (including phenoxy) is 1. The van der Waals surface area contributed by atoms with Gasteiger partial charge in [-0.05, 0) is 45.2 Å². The van der Waals surface area contributed by atoms with Crippen LogP contribution in [0.3, 0.4) is 0 Å². The number of nitro benzene ring substituents is 2. The highest BCUT2D eigenvalue weighted by atomic mass is 79.9. The Hall–Kier alpha value is -2.72. The third kappa shape index (κ3) is 8.97. The van der Waals surface area contributed by atoms with Crippen molar-refractivity contribution in [1.29, 1.82) is 0 Å². The molecule has 1 N–H and O–H groups in total. The van der Waals surface area contributed by atoms with Gasteiger partial charge in [0.15, 0.2) is 5.75 Å². The molecule has 0 aromatic heterocycles. The molecule has 8 nitrogen and oxygen atoms in total. The zero-order chi connectivity index (χ0) is 25.0. The Kier molecular flexibility index (Phi) is 12.4. The minimum absolute atomic E-state index is 0.0114. The second-order valence-corrected chi connectivity index (χ2v) is 8.59. The van der Waals surface area contributed by atoms with Crippen LogP contribution >= 0.6 is 31.9 Å². The highest BCUT2D eigenvalue weighted by Crippen LogP contribution is 2.35. The van der Waals surface area contributed by atoms with E-state index in [2.05, 4.69) is 31.9 Å². The number of hydrogen-bond acceptors (Lipinski definition) is 6. The van der Waals surface area contributed by atoms with Crippen molar-refractivity contribution in [2.24, 2.45) is 0 Å². The van der Waals surface area contributed by atoms with Crippen LogP contribution in [-0.4, -0.2) is 21.6 Å². The maximum Gasteiger partial charge on any atom is 0.312 e. The summed E-state index contributed by atoms with van der Waals surface area (Å²) in [7, 11) is 0. The van der Waals surface area contributed by atoms with Crippen LogP contribution in [0.5, 0.6) is 11.5 Å². The second-order valence-electron chi connectivity index (χ2n) is 6.75. The molecule has 0 bridgehead atoms. The molecule has 0 heterocycles. The number of halogens is 2. The maximum atomic E-state index is 11.0. The van der Waals surface area contributed by atoms with Gasteiger partial charge in [-0.3, -0.25) is 20.2 Å². The second kappa shape index (κ2) is 14.4. The number of aromatic hydroxyl groups is 1. The van der Waals surface area contributed by atoms with Crippen molar-refractivity contribution in [3.63, 3.8) is 0 Å². The van der Waals surface area contributed by atoms with Gasteiger partial charge in [-0.1, -0.05) is 63.1 Å². The number of phenols is 1. The smallest absolute Gasteiger partial charge is 0.312 e. The molecule has 0 radical (unpaired) electrons. The van der Waals surface area contributed by atoms with Crippen molar-refractivity contribution >= 4 is 43.2 Å². The Morgan fingerprint density at radius 1 is 0.909 bits per heavy atom. The molecule has 2 aromatic rings. The monoisotopic (exact) mass is 584 g/mol. The first-order valence-corrected chi connectivity index (χ1v) is 11.7. The van der Waals surface area contributed by atoms with Crippen molar-refractivity contribution in [2.75, 3.05) is 6.61 Å². The Bertz CT molecular complexity index is 1040. The van der Waals surface area contributed by atoms with Crippen LogP contribution < -0.4 is 4.74 Å². The summed E-state index contributed by atoms with van der Waals surface area (Å²) in [6.07, 6.45) is 9.42. The summed E-state index contributed by atoms with van der Waals surface area (Å²) < 4.78 is 6.82. The van der Waals surface area contributed by atoms with E-state index in [1.807, 2.05) is 51.1 Å².